The van der Waals surface area contributed by atoms with Gasteiger partial charge in [-0.1, -0.05) is 97.9 Å². The first kappa shape index (κ1) is 15.7. The molecule has 0 spiro atoms. The monoisotopic (exact) mass is 322 g/mol. The molecule has 0 saturated carbocycles. The molecule has 0 heteroatoms. The third-order valence-electron chi connectivity index (χ3n) is 5.15. The van der Waals surface area contributed by atoms with Crippen molar-refractivity contribution >= 4 is 16.7 Å². The lowest BCUT2D eigenvalue weighted by molar-refractivity contribution is 1.000. The van der Waals surface area contributed by atoms with Crippen molar-refractivity contribution < 1.29 is 0 Å². The molecule has 25 heavy (non-hydrogen) atoms. The summed E-state index contributed by atoms with van der Waals surface area (Å²) < 4.78 is 0. The van der Waals surface area contributed by atoms with Crippen molar-refractivity contribution in [2.75, 3.05) is 0 Å². The summed E-state index contributed by atoms with van der Waals surface area (Å²) in [5.41, 5.74) is 9.60. The highest BCUT2D eigenvalue weighted by molar-refractivity contribution is 6.11. The molecule has 0 heterocycles. The SMILES string of the molecule is CC1=C(c2ccccc2)C(C)C(c2ccccc2)=C1c1ccccc1. The second kappa shape index (κ2) is 6.57. The molecule has 0 aromatic heterocycles. The molecule has 122 valence electrons. The van der Waals surface area contributed by atoms with Crippen LogP contribution in [0.15, 0.2) is 96.6 Å². The largest absolute Gasteiger partial charge is 0.0622 e. The third kappa shape index (κ3) is 2.74. The van der Waals surface area contributed by atoms with Gasteiger partial charge in [-0.25, -0.2) is 0 Å². The Labute approximate surface area is 150 Å². The third-order valence-corrected chi connectivity index (χ3v) is 5.15. The molecular formula is C25H22. The molecule has 0 aliphatic heterocycles. The zero-order valence-corrected chi connectivity index (χ0v) is 14.7. The molecule has 1 aliphatic rings. The highest BCUT2D eigenvalue weighted by atomic mass is 14.3. The van der Waals surface area contributed by atoms with Crippen LogP contribution in [0.2, 0.25) is 0 Å². The van der Waals surface area contributed by atoms with Crippen LogP contribution in [0.4, 0.5) is 0 Å². The van der Waals surface area contributed by atoms with E-state index in [1.54, 1.807) is 0 Å². The molecule has 0 amide bonds. The van der Waals surface area contributed by atoms with Crippen LogP contribution in [-0.4, -0.2) is 0 Å². The van der Waals surface area contributed by atoms with Crippen molar-refractivity contribution in [1.29, 1.82) is 0 Å². The number of rotatable bonds is 3. The molecule has 3 aromatic carbocycles. The Morgan fingerprint density at radius 2 is 0.920 bits per heavy atom. The fourth-order valence-electron chi connectivity index (χ4n) is 4.10. The minimum absolute atomic E-state index is 0.375. The number of allylic oxidation sites excluding steroid dienone is 4. The van der Waals surface area contributed by atoms with E-state index in [2.05, 4.69) is 105 Å². The summed E-state index contributed by atoms with van der Waals surface area (Å²) in [4.78, 5) is 0. The quantitative estimate of drug-likeness (QED) is 0.502. The minimum atomic E-state index is 0.375. The van der Waals surface area contributed by atoms with Crippen LogP contribution >= 0.6 is 0 Å². The first-order chi connectivity index (χ1) is 12.3. The second-order valence-corrected chi connectivity index (χ2v) is 6.65. The van der Waals surface area contributed by atoms with E-state index >= 15 is 0 Å². The van der Waals surface area contributed by atoms with Crippen molar-refractivity contribution in [1.82, 2.24) is 0 Å². The second-order valence-electron chi connectivity index (χ2n) is 6.65. The maximum atomic E-state index is 2.34. The zero-order chi connectivity index (χ0) is 17.2. The average Bonchev–Trinajstić information content (AvgIpc) is 2.94. The van der Waals surface area contributed by atoms with Crippen molar-refractivity contribution in [3.8, 4) is 0 Å². The van der Waals surface area contributed by atoms with Crippen molar-refractivity contribution in [3.05, 3.63) is 113 Å². The van der Waals surface area contributed by atoms with Gasteiger partial charge in [-0.2, -0.15) is 0 Å². The normalized spacial score (nSPS) is 17.3. The fraction of sp³-hybridized carbons (Fsp3) is 0.120. The lowest BCUT2D eigenvalue weighted by atomic mass is 9.87. The predicted octanol–water partition coefficient (Wildman–Crippen LogP) is 6.72. The van der Waals surface area contributed by atoms with E-state index in [1.807, 2.05) is 0 Å². The van der Waals surface area contributed by atoms with Gasteiger partial charge >= 0.3 is 0 Å². The Morgan fingerprint density at radius 1 is 0.520 bits per heavy atom. The van der Waals surface area contributed by atoms with Crippen LogP contribution in [-0.2, 0) is 0 Å². The smallest absolute Gasteiger partial charge is 0.00819 e. The van der Waals surface area contributed by atoms with Crippen molar-refractivity contribution in [3.63, 3.8) is 0 Å². The molecule has 1 atom stereocenters. The van der Waals surface area contributed by atoms with Gasteiger partial charge in [0.05, 0.1) is 0 Å². The van der Waals surface area contributed by atoms with Gasteiger partial charge in [0.1, 0.15) is 0 Å². The van der Waals surface area contributed by atoms with E-state index in [-0.39, 0.29) is 0 Å². The van der Waals surface area contributed by atoms with Crippen LogP contribution in [0, 0.1) is 5.92 Å². The van der Waals surface area contributed by atoms with E-state index in [0.717, 1.165) is 0 Å². The first-order valence-corrected chi connectivity index (χ1v) is 8.89. The summed E-state index contributed by atoms with van der Waals surface area (Å²) in [6.07, 6.45) is 0. The highest BCUT2D eigenvalue weighted by Crippen LogP contribution is 2.50. The van der Waals surface area contributed by atoms with Gasteiger partial charge in [-0.15, -0.1) is 0 Å². The lowest BCUT2D eigenvalue weighted by Crippen LogP contribution is -1.99. The maximum Gasteiger partial charge on any atom is 0.00819 e. The van der Waals surface area contributed by atoms with Gasteiger partial charge in [0.2, 0.25) is 0 Å². The van der Waals surface area contributed by atoms with Crippen molar-refractivity contribution in [2.24, 2.45) is 5.92 Å². The van der Waals surface area contributed by atoms with Gasteiger partial charge < -0.3 is 0 Å². The fourth-order valence-corrected chi connectivity index (χ4v) is 4.10. The van der Waals surface area contributed by atoms with Crippen LogP contribution in [0.5, 0.6) is 0 Å². The minimum Gasteiger partial charge on any atom is -0.0622 e. The number of benzene rings is 3. The van der Waals surface area contributed by atoms with Gasteiger partial charge in [0, 0.05) is 5.92 Å². The van der Waals surface area contributed by atoms with Gasteiger partial charge in [0.15, 0.2) is 0 Å². The van der Waals surface area contributed by atoms with Crippen LogP contribution in [0.25, 0.3) is 16.7 Å². The standard InChI is InChI=1S/C25H22/c1-18-23(20-12-6-3-7-13-20)19(2)25(22-16-10-5-11-17-22)24(18)21-14-8-4-9-15-21/h3-18H,1-2H3. The summed E-state index contributed by atoms with van der Waals surface area (Å²) in [6, 6.07) is 32.4. The maximum absolute atomic E-state index is 2.34. The summed E-state index contributed by atoms with van der Waals surface area (Å²) in [5, 5.41) is 0. The molecule has 0 bridgehead atoms. The molecule has 4 rings (SSSR count). The van der Waals surface area contributed by atoms with Gasteiger partial charge in [-0.05, 0) is 45.9 Å². The Kier molecular flexibility index (Phi) is 4.11. The molecular weight excluding hydrogens is 300 g/mol. The van der Waals surface area contributed by atoms with Crippen LogP contribution < -0.4 is 0 Å². The number of hydrogen-bond donors (Lipinski definition) is 0. The predicted molar refractivity (Wildman–Crippen MR) is 108 cm³/mol. The molecule has 3 aromatic rings. The molecule has 0 saturated heterocycles. The molecule has 1 aliphatic carbocycles. The molecule has 0 N–H and O–H groups in total. The number of hydrogen-bond acceptors (Lipinski definition) is 0. The zero-order valence-electron chi connectivity index (χ0n) is 14.7. The Bertz CT molecular complexity index is 929. The molecule has 0 fully saturated rings. The summed E-state index contributed by atoms with van der Waals surface area (Å²) in [7, 11) is 0. The van der Waals surface area contributed by atoms with E-state index in [1.165, 1.54) is 39.0 Å². The Morgan fingerprint density at radius 3 is 1.40 bits per heavy atom. The lowest BCUT2D eigenvalue weighted by Gasteiger charge is -2.16. The summed E-state index contributed by atoms with van der Waals surface area (Å²) in [6.45, 7) is 4.61. The molecule has 0 nitrogen and oxygen atoms in total. The molecule has 0 radical (unpaired) electrons. The van der Waals surface area contributed by atoms with Gasteiger partial charge in [0.25, 0.3) is 0 Å². The topological polar surface area (TPSA) is 0 Å². The first-order valence-electron chi connectivity index (χ1n) is 8.89. The van der Waals surface area contributed by atoms with Crippen molar-refractivity contribution in [2.45, 2.75) is 13.8 Å². The van der Waals surface area contributed by atoms with E-state index < -0.39 is 0 Å². The highest BCUT2D eigenvalue weighted by Gasteiger charge is 2.30. The van der Waals surface area contributed by atoms with Crippen LogP contribution in [0.3, 0.4) is 0 Å². The van der Waals surface area contributed by atoms with E-state index in [9.17, 15) is 0 Å². The van der Waals surface area contributed by atoms with E-state index in [0.29, 0.717) is 5.92 Å². The van der Waals surface area contributed by atoms with Crippen LogP contribution in [0.1, 0.15) is 30.5 Å². The average molecular weight is 322 g/mol. The van der Waals surface area contributed by atoms with Gasteiger partial charge in [-0.3, -0.25) is 0 Å². The van der Waals surface area contributed by atoms with E-state index in [4.69, 9.17) is 0 Å². The summed E-state index contributed by atoms with van der Waals surface area (Å²) >= 11 is 0. The molecule has 1 unspecified atom stereocenters. The summed E-state index contributed by atoms with van der Waals surface area (Å²) in [5.74, 6) is 0.375. The Balaban J connectivity index is 1.96. The Hall–Kier alpha value is -2.86.